The number of nitrogens with zero attached hydrogens (tertiary/aromatic N) is 2. The second kappa shape index (κ2) is 5.49. The van der Waals surface area contributed by atoms with Crippen molar-refractivity contribution in [3.05, 3.63) is 39.4 Å². The second-order valence-electron chi connectivity index (χ2n) is 5.62. The van der Waals surface area contributed by atoms with Gasteiger partial charge in [-0.1, -0.05) is 11.6 Å². The molecule has 1 aromatic carbocycles. The largest absolute Gasteiger partial charge is 0.295 e. The molecule has 2 aromatic rings. The summed E-state index contributed by atoms with van der Waals surface area (Å²) in [6.45, 7) is 1.59. The van der Waals surface area contributed by atoms with Crippen molar-refractivity contribution in [2.45, 2.75) is 31.6 Å². The average Bonchev–Trinajstić information content (AvgIpc) is 2.58. The summed E-state index contributed by atoms with van der Waals surface area (Å²) in [7, 11) is 6.24. The van der Waals surface area contributed by atoms with Crippen LogP contribution in [0.25, 0.3) is 10.9 Å². The van der Waals surface area contributed by atoms with Gasteiger partial charge in [-0.15, -0.1) is 0 Å². The smallest absolute Gasteiger partial charge is 0.261 e. The van der Waals surface area contributed by atoms with E-state index in [9.17, 15) is 14.4 Å². The first-order chi connectivity index (χ1) is 10.8. The quantitative estimate of drug-likeness (QED) is 0.625. The molecule has 2 heterocycles. The van der Waals surface area contributed by atoms with Crippen molar-refractivity contribution in [1.82, 2.24) is 14.9 Å². The van der Waals surface area contributed by atoms with Crippen LogP contribution in [0.1, 0.15) is 25.1 Å². The molecule has 0 spiro atoms. The maximum absolute atomic E-state index is 12.8. The number of hydrogen-bond acceptors (Lipinski definition) is 4. The molecule has 23 heavy (non-hydrogen) atoms. The van der Waals surface area contributed by atoms with E-state index in [4.69, 9.17) is 19.4 Å². The van der Waals surface area contributed by atoms with Gasteiger partial charge in [0, 0.05) is 11.4 Å². The normalized spacial score (nSPS) is 22.0. The standard InChI is InChI=1S/C15H13BClN3O3/c1-8-18-11-7-9(17)4-5-10(11)13(22)20(8)15(16)6-2-3-12(21)19-14(15)23/h4-5,7H,2-3,6H2,1H3,(H,19,21,23). The van der Waals surface area contributed by atoms with E-state index in [0.29, 0.717) is 22.3 Å². The topological polar surface area (TPSA) is 81.1 Å². The lowest BCUT2D eigenvalue weighted by atomic mass is 9.73. The van der Waals surface area contributed by atoms with Crippen molar-refractivity contribution >= 4 is 42.2 Å². The van der Waals surface area contributed by atoms with Crippen LogP contribution >= 0.6 is 11.6 Å². The molecule has 1 aliphatic heterocycles. The minimum atomic E-state index is -1.64. The Balaban J connectivity index is 2.26. The van der Waals surface area contributed by atoms with Crippen LogP contribution < -0.4 is 10.9 Å². The van der Waals surface area contributed by atoms with Crippen molar-refractivity contribution in [3.8, 4) is 0 Å². The predicted octanol–water partition coefficient (Wildman–Crippen LogP) is 1.01. The van der Waals surface area contributed by atoms with Crippen molar-refractivity contribution in [2.24, 2.45) is 0 Å². The zero-order chi connectivity index (χ0) is 16.8. The summed E-state index contributed by atoms with van der Waals surface area (Å²) in [6, 6.07) is 4.70. The van der Waals surface area contributed by atoms with Gasteiger partial charge >= 0.3 is 0 Å². The number of carbonyl (C=O) groups excluding carboxylic acids is 2. The van der Waals surface area contributed by atoms with Gasteiger partial charge in [0.05, 0.1) is 16.3 Å². The molecule has 1 aliphatic rings. The Morgan fingerprint density at radius 3 is 2.83 bits per heavy atom. The Kier molecular flexibility index (Phi) is 3.76. The number of hydrogen-bond donors (Lipinski definition) is 1. The molecular formula is C15H13BClN3O3. The van der Waals surface area contributed by atoms with Crippen LogP contribution in [0.4, 0.5) is 0 Å². The molecule has 8 heteroatoms. The lowest BCUT2D eigenvalue weighted by Gasteiger charge is -2.30. The minimum Gasteiger partial charge on any atom is -0.295 e. The van der Waals surface area contributed by atoms with Gasteiger partial charge in [-0.05, 0) is 38.0 Å². The lowest BCUT2D eigenvalue weighted by molar-refractivity contribution is -0.132. The molecule has 0 aliphatic carbocycles. The number of carbonyl (C=O) groups is 2. The van der Waals surface area contributed by atoms with Gasteiger partial charge in [-0.3, -0.25) is 24.3 Å². The molecule has 1 aromatic heterocycles. The summed E-state index contributed by atoms with van der Waals surface area (Å²) in [4.78, 5) is 41.1. The van der Waals surface area contributed by atoms with Crippen LogP contribution in [0.15, 0.2) is 23.0 Å². The number of aryl methyl sites for hydroxylation is 1. The van der Waals surface area contributed by atoms with Crippen molar-refractivity contribution < 1.29 is 9.59 Å². The maximum Gasteiger partial charge on any atom is 0.261 e. The van der Waals surface area contributed by atoms with Crippen molar-refractivity contribution in [1.29, 1.82) is 0 Å². The number of benzene rings is 1. The van der Waals surface area contributed by atoms with Crippen LogP contribution in [0, 0.1) is 6.92 Å². The SMILES string of the molecule is [B]C1(n2c(C)nc3cc(Cl)ccc3c2=O)CCCC(=O)NC1=O. The Labute approximate surface area is 138 Å². The number of rotatable bonds is 1. The first-order valence-corrected chi connectivity index (χ1v) is 7.53. The highest BCUT2D eigenvalue weighted by atomic mass is 35.5. The fourth-order valence-corrected chi connectivity index (χ4v) is 3.05. The van der Waals surface area contributed by atoms with Gasteiger partial charge in [-0.25, -0.2) is 4.98 Å². The summed E-state index contributed by atoms with van der Waals surface area (Å²) < 4.78 is 1.16. The van der Waals surface area contributed by atoms with Crippen LogP contribution in [-0.2, 0) is 15.0 Å². The van der Waals surface area contributed by atoms with Crippen LogP contribution in [0.5, 0.6) is 0 Å². The molecule has 1 fully saturated rings. The molecule has 3 rings (SSSR count). The molecule has 6 nitrogen and oxygen atoms in total. The van der Waals surface area contributed by atoms with E-state index in [1.165, 1.54) is 0 Å². The molecule has 1 unspecified atom stereocenters. The predicted molar refractivity (Wildman–Crippen MR) is 86.5 cm³/mol. The first kappa shape index (κ1) is 15.7. The summed E-state index contributed by atoms with van der Waals surface area (Å²) >= 11 is 5.92. The van der Waals surface area contributed by atoms with E-state index in [1.54, 1.807) is 25.1 Å². The number of amides is 2. The zero-order valence-electron chi connectivity index (χ0n) is 12.4. The van der Waals surface area contributed by atoms with Crippen molar-refractivity contribution in [3.63, 3.8) is 0 Å². The first-order valence-electron chi connectivity index (χ1n) is 7.15. The van der Waals surface area contributed by atoms with Gasteiger partial charge in [0.15, 0.2) is 0 Å². The molecule has 2 amide bonds. The number of aromatic nitrogens is 2. The molecule has 1 saturated heterocycles. The summed E-state index contributed by atoms with van der Waals surface area (Å²) in [6.07, 6.45) is 0.764. The number of nitrogens with one attached hydrogen (secondary N) is 1. The van der Waals surface area contributed by atoms with E-state index in [2.05, 4.69) is 10.3 Å². The molecule has 116 valence electrons. The highest BCUT2D eigenvalue weighted by Crippen LogP contribution is 2.24. The second-order valence-corrected chi connectivity index (χ2v) is 6.05. The van der Waals surface area contributed by atoms with E-state index in [1.807, 2.05) is 0 Å². The molecule has 0 bridgehead atoms. The molecule has 0 saturated carbocycles. The Morgan fingerprint density at radius 2 is 2.09 bits per heavy atom. The fraction of sp³-hybridized carbons (Fsp3) is 0.333. The monoisotopic (exact) mass is 329 g/mol. The summed E-state index contributed by atoms with van der Waals surface area (Å²) in [5.41, 5.74) is -1.64. The van der Waals surface area contributed by atoms with Gasteiger partial charge < -0.3 is 0 Å². The van der Waals surface area contributed by atoms with E-state index in [0.717, 1.165) is 4.57 Å². The van der Waals surface area contributed by atoms with E-state index in [-0.39, 0.29) is 18.7 Å². The van der Waals surface area contributed by atoms with Crippen LogP contribution in [0.2, 0.25) is 5.02 Å². The van der Waals surface area contributed by atoms with E-state index >= 15 is 0 Å². The molecule has 2 radical (unpaired) electrons. The van der Waals surface area contributed by atoms with Gasteiger partial charge in [0.1, 0.15) is 13.7 Å². The summed E-state index contributed by atoms with van der Waals surface area (Å²) in [5, 5.41) is 3.00. The lowest BCUT2D eigenvalue weighted by Crippen LogP contribution is -2.54. The number of fused-ring (bicyclic) bond motifs is 1. The van der Waals surface area contributed by atoms with E-state index < -0.39 is 22.8 Å². The zero-order valence-corrected chi connectivity index (χ0v) is 13.2. The Morgan fingerprint density at radius 1 is 1.35 bits per heavy atom. The fourth-order valence-electron chi connectivity index (χ4n) is 2.88. The minimum absolute atomic E-state index is 0.173. The molecule has 1 N–H and O–H groups in total. The average molecular weight is 330 g/mol. The third-order valence-electron chi connectivity index (χ3n) is 4.01. The number of halogens is 1. The third-order valence-corrected chi connectivity index (χ3v) is 4.24. The third kappa shape index (κ3) is 2.55. The number of imide groups is 1. The Hall–Kier alpha value is -2.15. The van der Waals surface area contributed by atoms with Gasteiger partial charge in [-0.2, -0.15) is 0 Å². The Bertz CT molecular complexity index is 895. The highest BCUT2D eigenvalue weighted by Gasteiger charge is 2.39. The summed E-state index contributed by atoms with van der Waals surface area (Å²) in [5.74, 6) is -0.800. The van der Waals surface area contributed by atoms with Gasteiger partial charge in [0.25, 0.3) is 5.56 Å². The highest BCUT2D eigenvalue weighted by molar-refractivity contribution is 6.31. The molecule has 1 atom stereocenters. The maximum atomic E-state index is 12.8. The van der Waals surface area contributed by atoms with Gasteiger partial charge in [0.2, 0.25) is 11.8 Å². The van der Waals surface area contributed by atoms with Crippen LogP contribution in [-0.4, -0.2) is 29.2 Å². The van der Waals surface area contributed by atoms with Crippen LogP contribution in [0.3, 0.4) is 0 Å². The molecular weight excluding hydrogens is 316 g/mol. The van der Waals surface area contributed by atoms with Crippen molar-refractivity contribution in [2.75, 3.05) is 0 Å².